The second-order valence-corrected chi connectivity index (χ2v) is 4.70. The monoisotopic (exact) mass is 276 g/mol. The predicted molar refractivity (Wildman–Crippen MR) is 73.2 cm³/mol. The molecule has 1 unspecified atom stereocenters. The Morgan fingerprint density at radius 2 is 2.35 bits per heavy atom. The van der Waals surface area contributed by atoms with E-state index in [0.29, 0.717) is 18.7 Å². The van der Waals surface area contributed by atoms with Crippen molar-refractivity contribution < 1.29 is 14.3 Å². The van der Waals surface area contributed by atoms with Crippen LogP contribution in [0, 0.1) is 17.7 Å². The minimum absolute atomic E-state index is 0.00125. The third-order valence-corrected chi connectivity index (χ3v) is 3.37. The first kappa shape index (κ1) is 14.5. The van der Waals surface area contributed by atoms with Crippen LogP contribution < -0.4 is 5.32 Å². The first-order chi connectivity index (χ1) is 9.61. The van der Waals surface area contributed by atoms with E-state index in [4.69, 9.17) is 5.11 Å². The number of carbonyl (C=O) groups is 1. The number of nitrogens with zero attached hydrogens (tertiary/aromatic N) is 1. The van der Waals surface area contributed by atoms with Crippen molar-refractivity contribution in [3.05, 3.63) is 35.1 Å². The van der Waals surface area contributed by atoms with Crippen molar-refractivity contribution in [2.24, 2.45) is 0 Å². The van der Waals surface area contributed by atoms with Crippen molar-refractivity contribution >= 4 is 5.91 Å². The molecule has 1 amide bonds. The van der Waals surface area contributed by atoms with E-state index in [9.17, 15) is 9.18 Å². The smallest absolute Gasteiger partial charge is 0.237 e. The molecule has 1 aliphatic rings. The van der Waals surface area contributed by atoms with Gasteiger partial charge in [-0.05, 0) is 24.6 Å². The molecule has 1 aromatic carbocycles. The molecule has 5 heteroatoms. The Bertz CT molecular complexity index is 563. The van der Waals surface area contributed by atoms with E-state index in [1.54, 1.807) is 6.07 Å². The molecule has 0 bridgehead atoms. The summed E-state index contributed by atoms with van der Waals surface area (Å²) >= 11 is 0. The van der Waals surface area contributed by atoms with Crippen molar-refractivity contribution in [3.63, 3.8) is 0 Å². The van der Waals surface area contributed by atoms with Gasteiger partial charge in [0.25, 0.3) is 0 Å². The quantitative estimate of drug-likeness (QED) is 0.773. The third kappa shape index (κ3) is 3.35. The molecule has 4 nitrogen and oxygen atoms in total. The number of nitrogens with one attached hydrogen (secondary N) is 1. The average Bonchev–Trinajstić information content (AvgIpc) is 2.44. The predicted octanol–water partition coefficient (Wildman–Crippen LogP) is 0.490. The van der Waals surface area contributed by atoms with E-state index in [2.05, 4.69) is 17.2 Å². The molecule has 1 fully saturated rings. The van der Waals surface area contributed by atoms with Crippen LogP contribution in [0.3, 0.4) is 0 Å². The number of halogens is 1. The number of hydrogen-bond acceptors (Lipinski definition) is 3. The van der Waals surface area contributed by atoms with Gasteiger partial charge in [0.2, 0.25) is 5.91 Å². The van der Waals surface area contributed by atoms with Gasteiger partial charge in [-0.2, -0.15) is 0 Å². The summed E-state index contributed by atoms with van der Waals surface area (Å²) in [4.78, 5) is 13.7. The van der Waals surface area contributed by atoms with Crippen molar-refractivity contribution in [1.29, 1.82) is 0 Å². The van der Waals surface area contributed by atoms with Gasteiger partial charge in [-0.15, -0.1) is 0 Å². The van der Waals surface area contributed by atoms with E-state index in [1.165, 1.54) is 12.1 Å². The fraction of sp³-hybridized carbons (Fsp3) is 0.400. The zero-order valence-electron chi connectivity index (χ0n) is 11.3. The summed E-state index contributed by atoms with van der Waals surface area (Å²) in [6.45, 7) is 3.47. The lowest BCUT2D eigenvalue weighted by molar-refractivity contribution is -0.128. The molecule has 1 aliphatic heterocycles. The molecule has 0 aromatic heterocycles. The third-order valence-electron chi connectivity index (χ3n) is 3.37. The summed E-state index contributed by atoms with van der Waals surface area (Å²) in [5, 5.41) is 11.6. The lowest BCUT2D eigenvalue weighted by Gasteiger charge is -2.32. The molecule has 0 spiro atoms. The molecule has 20 heavy (non-hydrogen) atoms. The number of rotatable bonds is 2. The molecule has 2 rings (SSSR count). The van der Waals surface area contributed by atoms with Crippen LogP contribution in [-0.2, 0) is 11.3 Å². The number of piperazine rings is 1. The standard InChI is InChI=1S/C15H17FN2O2/c1-11-15(20)17-6-7-18(11)10-13-4-5-14(16)9-12(13)3-2-8-19/h4-5,9,11,19H,6-8,10H2,1H3,(H,17,20). The summed E-state index contributed by atoms with van der Waals surface area (Å²) < 4.78 is 13.3. The van der Waals surface area contributed by atoms with Crippen LogP contribution in [0.2, 0.25) is 0 Å². The van der Waals surface area contributed by atoms with Gasteiger partial charge in [0.15, 0.2) is 0 Å². The Hall–Kier alpha value is -1.90. The second kappa shape index (κ2) is 6.51. The van der Waals surface area contributed by atoms with Gasteiger partial charge >= 0.3 is 0 Å². The van der Waals surface area contributed by atoms with E-state index in [1.807, 2.05) is 11.8 Å². The summed E-state index contributed by atoms with van der Waals surface area (Å²) in [6, 6.07) is 4.20. The second-order valence-electron chi connectivity index (χ2n) is 4.70. The fourth-order valence-electron chi connectivity index (χ4n) is 2.20. The molecule has 0 saturated carbocycles. The number of carbonyl (C=O) groups excluding carboxylic acids is 1. The number of benzene rings is 1. The highest BCUT2D eigenvalue weighted by Gasteiger charge is 2.25. The van der Waals surface area contributed by atoms with Gasteiger partial charge in [0.05, 0.1) is 6.04 Å². The Morgan fingerprint density at radius 1 is 1.55 bits per heavy atom. The first-order valence-electron chi connectivity index (χ1n) is 6.51. The Kier molecular flexibility index (Phi) is 4.72. The van der Waals surface area contributed by atoms with E-state index in [0.717, 1.165) is 12.1 Å². The molecule has 1 atom stereocenters. The summed E-state index contributed by atoms with van der Waals surface area (Å²) in [5.41, 5.74) is 1.41. The average molecular weight is 276 g/mol. The van der Waals surface area contributed by atoms with Gasteiger partial charge in [-0.3, -0.25) is 9.69 Å². The van der Waals surface area contributed by atoms with Gasteiger partial charge in [-0.25, -0.2) is 4.39 Å². The zero-order chi connectivity index (χ0) is 14.5. The molecule has 1 aromatic rings. The minimum atomic E-state index is -0.361. The highest BCUT2D eigenvalue weighted by molar-refractivity contribution is 5.82. The van der Waals surface area contributed by atoms with Crippen molar-refractivity contribution in [3.8, 4) is 11.8 Å². The van der Waals surface area contributed by atoms with E-state index >= 15 is 0 Å². The van der Waals surface area contributed by atoms with Crippen LogP contribution in [0.5, 0.6) is 0 Å². The Labute approximate surface area is 117 Å². The number of aliphatic hydroxyl groups is 1. The lowest BCUT2D eigenvalue weighted by Crippen LogP contribution is -2.53. The van der Waals surface area contributed by atoms with Crippen LogP contribution in [0.25, 0.3) is 0 Å². The largest absolute Gasteiger partial charge is 0.384 e. The molecule has 106 valence electrons. The number of amides is 1. The normalized spacial score (nSPS) is 19.1. The Balaban J connectivity index is 2.22. The highest BCUT2D eigenvalue weighted by Crippen LogP contribution is 2.16. The zero-order valence-corrected chi connectivity index (χ0v) is 11.3. The number of aliphatic hydroxyl groups excluding tert-OH is 1. The lowest BCUT2D eigenvalue weighted by atomic mass is 10.1. The molecule has 0 radical (unpaired) electrons. The maximum atomic E-state index is 13.3. The topological polar surface area (TPSA) is 52.6 Å². The van der Waals surface area contributed by atoms with E-state index in [-0.39, 0.29) is 24.4 Å². The summed E-state index contributed by atoms with van der Waals surface area (Å²) in [5.74, 6) is 4.92. The van der Waals surface area contributed by atoms with E-state index < -0.39 is 0 Å². The van der Waals surface area contributed by atoms with Gasteiger partial charge < -0.3 is 10.4 Å². The molecular weight excluding hydrogens is 259 g/mol. The van der Waals surface area contributed by atoms with Crippen molar-refractivity contribution in [1.82, 2.24) is 10.2 Å². The van der Waals surface area contributed by atoms with Crippen LogP contribution in [0.4, 0.5) is 4.39 Å². The summed E-state index contributed by atoms with van der Waals surface area (Å²) in [6.07, 6.45) is 0. The maximum Gasteiger partial charge on any atom is 0.237 e. The summed E-state index contributed by atoms with van der Waals surface area (Å²) in [7, 11) is 0. The van der Waals surface area contributed by atoms with Gasteiger partial charge in [0, 0.05) is 25.2 Å². The SMILES string of the molecule is CC1C(=O)NCCN1Cc1ccc(F)cc1C#CCO. The van der Waals surface area contributed by atoms with Crippen molar-refractivity contribution in [2.75, 3.05) is 19.7 Å². The van der Waals surface area contributed by atoms with Gasteiger partial charge in [0.1, 0.15) is 12.4 Å². The maximum absolute atomic E-state index is 13.3. The molecule has 1 heterocycles. The number of hydrogen-bond donors (Lipinski definition) is 2. The van der Waals surface area contributed by atoms with Crippen LogP contribution in [0.1, 0.15) is 18.1 Å². The highest BCUT2D eigenvalue weighted by atomic mass is 19.1. The van der Waals surface area contributed by atoms with Crippen LogP contribution >= 0.6 is 0 Å². The first-order valence-corrected chi connectivity index (χ1v) is 6.51. The van der Waals surface area contributed by atoms with Crippen LogP contribution in [-0.4, -0.2) is 41.7 Å². The molecule has 1 saturated heterocycles. The molecule has 0 aliphatic carbocycles. The van der Waals surface area contributed by atoms with Crippen molar-refractivity contribution in [2.45, 2.75) is 19.5 Å². The molecule has 2 N–H and O–H groups in total. The van der Waals surface area contributed by atoms with Crippen LogP contribution in [0.15, 0.2) is 18.2 Å². The fourth-order valence-corrected chi connectivity index (χ4v) is 2.20. The molecular formula is C15H17FN2O2. The minimum Gasteiger partial charge on any atom is -0.384 e. The van der Waals surface area contributed by atoms with Gasteiger partial charge in [-0.1, -0.05) is 17.9 Å². The Morgan fingerprint density at radius 3 is 3.10 bits per heavy atom.